The minimum absolute atomic E-state index is 0.0762. The SMILES string of the molecule is Cc1cccc(N(CC(=O)O)S(=O)(=O)c2ccc(Cl)c(Cl)c2)c1. The van der Waals surface area contributed by atoms with E-state index >= 15 is 0 Å². The molecule has 0 saturated carbocycles. The van der Waals surface area contributed by atoms with Crippen LogP contribution in [0, 0.1) is 6.92 Å². The van der Waals surface area contributed by atoms with Gasteiger partial charge in [-0.3, -0.25) is 9.10 Å². The first kappa shape index (κ1) is 17.6. The summed E-state index contributed by atoms with van der Waals surface area (Å²) in [6.07, 6.45) is 0. The van der Waals surface area contributed by atoms with E-state index < -0.39 is 22.5 Å². The van der Waals surface area contributed by atoms with Gasteiger partial charge in [0.25, 0.3) is 10.0 Å². The molecule has 0 aliphatic carbocycles. The van der Waals surface area contributed by atoms with Gasteiger partial charge in [-0.05, 0) is 42.8 Å². The van der Waals surface area contributed by atoms with Gasteiger partial charge in [-0.1, -0.05) is 35.3 Å². The van der Waals surface area contributed by atoms with Crippen LogP contribution in [0.2, 0.25) is 10.0 Å². The van der Waals surface area contributed by atoms with Gasteiger partial charge in [0.2, 0.25) is 0 Å². The number of nitrogens with zero attached hydrogens (tertiary/aromatic N) is 1. The molecule has 23 heavy (non-hydrogen) atoms. The summed E-state index contributed by atoms with van der Waals surface area (Å²) in [4.78, 5) is 11.0. The van der Waals surface area contributed by atoms with Crippen LogP contribution in [-0.4, -0.2) is 26.0 Å². The maximum atomic E-state index is 12.8. The van der Waals surface area contributed by atoms with Crippen molar-refractivity contribution < 1.29 is 18.3 Å². The minimum atomic E-state index is -4.10. The fraction of sp³-hybridized carbons (Fsp3) is 0.133. The Balaban J connectivity index is 2.57. The number of halogens is 2. The molecule has 8 heteroatoms. The van der Waals surface area contributed by atoms with Crippen LogP contribution < -0.4 is 4.31 Å². The third-order valence-corrected chi connectivity index (χ3v) is 5.56. The smallest absolute Gasteiger partial charge is 0.324 e. The average Bonchev–Trinajstić information content (AvgIpc) is 2.47. The first-order chi connectivity index (χ1) is 10.7. The number of carboxylic acid groups (broad SMARTS) is 1. The molecule has 0 heterocycles. The van der Waals surface area contributed by atoms with E-state index in [0.717, 1.165) is 9.87 Å². The van der Waals surface area contributed by atoms with Crippen LogP contribution in [0.5, 0.6) is 0 Å². The highest BCUT2D eigenvalue weighted by molar-refractivity contribution is 7.92. The molecule has 2 aromatic rings. The summed E-state index contributed by atoms with van der Waals surface area (Å²) in [7, 11) is -4.10. The van der Waals surface area contributed by atoms with Crippen LogP contribution in [0.1, 0.15) is 5.56 Å². The predicted molar refractivity (Wildman–Crippen MR) is 89.8 cm³/mol. The average molecular weight is 374 g/mol. The Kier molecular flexibility index (Phi) is 5.19. The number of carboxylic acids is 1. The molecule has 0 fully saturated rings. The Bertz CT molecular complexity index is 852. The van der Waals surface area contributed by atoms with Crippen molar-refractivity contribution in [2.24, 2.45) is 0 Å². The molecule has 0 spiro atoms. The Morgan fingerprint density at radius 2 is 1.83 bits per heavy atom. The summed E-state index contributed by atoms with van der Waals surface area (Å²) in [6.45, 7) is 1.08. The molecule has 1 N–H and O–H groups in total. The zero-order chi connectivity index (χ0) is 17.2. The standard InChI is InChI=1S/C15H13Cl2NO4S/c1-10-3-2-4-11(7-10)18(9-15(19)20)23(21,22)12-5-6-13(16)14(17)8-12/h2-8H,9H2,1H3,(H,19,20). The van der Waals surface area contributed by atoms with Gasteiger partial charge in [0, 0.05) is 0 Å². The number of aliphatic carboxylic acids is 1. The molecule has 2 aromatic carbocycles. The Morgan fingerprint density at radius 3 is 2.39 bits per heavy atom. The van der Waals surface area contributed by atoms with Gasteiger partial charge >= 0.3 is 5.97 Å². The van der Waals surface area contributed by atoms with E-state index in [1.54, 1.807) is 25.1 Å². The van der Waals surface area contributed by atoms with Crippen LogP contribution in [-0.2, 0) is 14.8 Å². The fourth-order valence-corrected chi connectivity index (χ4v) is 3.78. The molecular formula is C15H13Cl2NO4S. The lowest BCUT2D eigenvalue weighted by Gasteiger charge is -2.23. The van der Waals surface area contributed by atoms with Crippen LogP contribution in [0.25, 0.3) is 0 Å². The van der Waals surface area contributed by atoms with E-state index in [1.165, 1.54) is 24.3 Å². The topological polar surface area (TPSA) is 74.7 Å². The highest BCUT2D eigenvalue weighted by Gasteiger charge is 2.27. The normalized spacial score (nSPS) is 11.3. The Hall–Kier alpha value is -1.76. The fourth-order valence-electron chi connectivity index (χ4n) is 1.99. The molecular weight excluding hydrogens is 361 g/mol. The monoisotopic (exact) mass is 373 g/mol. The zero-order valence-corrected chi connectivity index (χ0v) is 14.4. The second-order valence-electron chi connectivity index (χ2n) is 4.82. The first-order valence-corrected chi connectivity index (χ1v) is 8.67. The van der Waals surface area contributed by atoms with Crippen molar-refractivity contribution >= 4 is 44.9 Å². The lowest BCUT2D eigenvalue weighted by atomic mass is 10.2. The number of benzene rings is 2. The van der Waals surface area contributed by atoms with Crippen molar-refractivity contribution in [1.82, 2.24) is 0 Å². The highest BCUT2D eigenvalue weighted by atomic mass is 35.5. The van der Waals surface area contributed by atoms with E-state index in [9.17, 15) is 13.2 Å². The molecule has 0 aliphatic rings. The van der Waals surface area contributed by atoms with Gasteiger partial charge in [0.1, 0.15) is 6.54 Å². The van der Waals surface area contributed by atoms with Crippen LogP contribution >= 0.6 is 23.2 Å². The van der Waals surface area contributed by atoms with Crippen molar-refractivity contribution in [3.63, 3.8) is 0 Å². The molecule has 0 saturated heterocycles. The summed E-state index contributed by atoms with van der Waals surface area (Å²) in [6, 6.07) is 10.4. The van der Waals surface area contributed by atoms with Crippen molar-refractivity contribution in [3.05, 3.63) is 58.1 Å². The molecule has 5 nitrogen and oxygen atoms in total. The van der Waals surface area contributed by atoms with Gasteiger partial charge in [-0.25, -0.2) is 8.42 Å². The van der Waals surface area contributed by atoms with E-state index in [0.29, 0.717) is 0 Å². The summed E-state index contributed by atoms with van der Waals surface area (Å²) >= 11 is 11.7. The predicted octanol–water partition coefficient (Wildman–Crippen LogP) is 3.58. The molecule has 122 valence electrons. The van der Waals surface area contributed by atoms with Crippen LogP contribution in [0.4, 0.5) is 5.69 Å². The van der Waals surface area contributed by atoms with Crippen molar-refractivity contribution in [2.45, 2.75) is 11.8 Å². The van der Waals surface area contributed by atoms with E-state index in [1.807, 2.05) is 0 Å². The molecule has 0 unspecified atom stereocenters. The number of rotatable bonds is 5. The second-order valence-corrected chi connectivity index (χ2v) is 7.50. The Labute approximate surface area is 144 Å². The van der Waals surface area contributed by atoms with Crippen LogP contribution in [0.15, 0.2) is 47.4 Å². The quantitative estimate of drug-likeness (QED) is 0.868. The number of hydrogen-bond acceptors (Lipinski definition) is 3. The second kappa shape index (κ2) is 6.78. The summed E-state index contributed by atoms with van der Waals surface area (Å²) < 4.78 is 26.4. The lowest BCUT2D eigenvalue weighted by Crippen LogP contribution is -2.35. The van der Waals surface area contributed by atoms with Gasteiger partial charge in [-0.15, -0.1) is 0 Å². The summed E-state index contributed by atoms with van der Waals surface area (Å²) in [5.41, 5.74) is 1.07. The van der Waals surface area contributed by atoms with Crippen molar-refractivity contribution in [1.29, 1.82) is 0 Å². The van der Waals surface area contributed by atoms with Crippen molar-refractivity contribution in [2.75, 3.05) is 10.8 Å². The third kappa shape index (κ3) is 3.96. The number of anilines is 1. The number of hydrogen-bond donors (Lipinski definition) is 1. The van der Waals surface area contributed by atoms with Gasteiger partial charge < -0.3 is 5.11 Å². The number of carbonyl (C=O) groups is 1. The number of aryl methyl sites for hydroxylation is 1. The van der Waals surface area contributed by atoms with Gasteiger partial charge in [0.15, 0.2) is 0 Å². The highest BCUT2D eigenvalue weighted by Crippen LogP contribution is 2.29. The molecule has 0 radical (unpaired) electrons. The molecule has 0 aromatic heterocycles. The first-order valence-electron chi connectivity index (χ1n) is 6.48. The molecule has 0 bridgehead atoms. The molecule has 0 amide bonds. The molecule has 0 aliphatic heterocycles. The van der Waals surface area contributed by atoms with Crippen molar-refractivity contribution in [3.8, 4) is 0 Å². The maximum Gasteiger partial charge on any atom is 0.324 e. The lowest BCUT2D eigenvalue weighted by molar-refractivity contribution is -0.135. The Morgan fingerprint density at radius 1 is 1.13 bits per heavy atom. The summed E-state index contributed by atoms with van der Waals surface area (Å²) in [5, 5.41) is 9.36. The third-order valence-electron chi connectivity index (χ3n) is 3.05. The maximum absolute atomic E-state index is 12.8. The van der Waals surface area contributed by atoms with Crippen LogP contribution in [0.3, 0.4) is 0 Å². The number of sulfonamides is 1. The largest absolute Gasteiger partial charge is 0.480 e. The minimum Gasteiger partial charge on any atom is -0.480 e. The van der Waals surface area contributed by atoms with E-state index in [4.69, 9.17) is 28.3 Å². The molecule has 2 rings (SSSR count). The van der Waals surface area contributed by atoms with Gasteiger partial charge in [-0.2, -0.15) is 0 Å². The molecule has 0 atom stereocenters. The van der Waals surface area contributed by atoms with E-state index in [2.05, 4.69) is 0 Å². The summed E-state index contributed by atoms with van der Waals surface area (Å²) in [5.74, 6) is -1.27. The zero-order valence-electron chi connectivity index (χ0n) is 12.0. The van der Waals surface area contributed by atoms with E-state index in [-0.39, 0.29) is 20.6 Å². The van der Waals surface area contributed by atoms with Gasteiger partial charge in [0.05, 0.1) is 20.6 Å².